The van der Waals surface area contributed by atoms with Crippen molar-refractivity contribution < 1.29 is 14.3 Å². The van der Waals surface area contributed by atoms with Crippen LogP contribution in [0, 0.1) is 0 Å². The highest BCUT2D eigenvalue weighted by atomic mass is 32.2. The largest absolute Gasteiger partial charge is 0.495 e. The van der Waals surface area contributed by atoms with Crippen molar-refractivity contribution in [2.45, 2.75) is 4.34 Å². The molecular weight excluding hydrogens is 384 g/mol. The Hall–Kier alpha value is -2.78. The number of aromatic nitrogens is 2. The number of nitrogens with zero attached hydrogens (tertiary/aromatic N) is 2. The van der Waals surface area contributed by atoms with Crippen LogP contribution in [0.2, 0.25) is 0 Å². The van der Waals surface area contributed by atoms with E-state index in [4.69, 9.17) is 9.47 Å². The van der Waals surface area contributed by atoms with Crippen molar-refractivity contribution in [1.82, 2.24) is 10.2 Å². The number of thioether (sulfide) groups is 1. The Balaban J connectivity index is 1.55. The summed E-state index contributed by atoms with van der Waals surface area (Å²) >= 11 is 2.70. The minimum Gasteiger partial charge on any atom is -0.495 e. The smallest absolute Gasteiger partial charge is 0.234 e. The SMILES string of the molecule is COc1ccccc1NC(=O)CSc1nnc(Nc2ccccc2OC)s1. The fourth-order valence-corrected chi connectivity index (χ4v) is 3.81. The van der Waals surface area contributed by atoms with Crippen LogP contribution in [-0.4, -0.2) is 36.1 Å². The van der Waals surface area contributed by atoms with Crippen molar-refractivity contribution in [3.8, 4) is 11.5 Å². The van der Waals surface area contributed by atoms with Crippen LogP contribution in [0.1, 0.15) is 0 Å². The lowest BCUT2D eigenvalue weighted by molar-refractivity contribution is -0.113. The van der Waals surface area contributed by atoms with Crippen molar-refractivity contribution in [2.24, 2.45) is 0 Å². The first-order chi connectivity index (χ1) is 13.2. The molecule has 1 aromatic heterocycles. The van der Waals surface area contributed by atoms with Crippen LogP contribution >= 0.6 is 23.1 Å². The Bertz CT molecular complexity index is 917. The number of carbonyl (C=O) groups excluding carboxylic acids is 1. The van der Waals surface area contributed by atoms with Gasteiger partial charge in [-0.05, 0) is 24.3 Å². The van der Waals surface area contributed by atoms with Crippen LogP contribution < -0.4 is 20.1 Å². The molecule has 1 amide bonds. The summed E-state index contributed by atoms with van der Waals surface area (Å²) in [6.07, 6.45) is 0. The molecule has 9 heteroatoms. The Morgan fingerprint density at radius 3 is 2.33 bits per heavy atom. The van der Waals surface area contributed by atoms with Crippen molar-refractivity contribution in [1.29, 1.82) is 0 Å². The molecule has 0 aliphatic heterocycles. The summed E-state index contributed by atoms with van der Waals surface area (Å²) in [4.78, 5) is 12.2. The van der Waals surface area contributed by atoms with Crippen LogP contribution in [0.5, 0.6) is 11.5 Å². The molecular formula is C18H18N4O3S2. The van der Waals surface area contributed by atoms with Gasteiger partial charge in [0.1, 0.15) is 11.5 Å². The number of nitrogens with one attached hydrogen (secondary N) is 2. The molecule has 0 atom stereocenters. The maximum absolute atomic E-state index is 12.2. The molecule has 0 saturated heterocycles. The summed E-state index contributed by atoms with van der Waals surface area (Å²) in [5.41, 5.74) is 1.45. The Morgan fingerprint density at radius 2 is 1.63 bits per heavy atom. The van der Waals surface area contributed by atoms with E-state index in [1.54, 1.807) is 26.4 Å². The van der Waals surface area contributed by atoms with E-state index in [0.717, 1.165) is 11.4 Å². The predicted octanol–water partition coefficient (Wildman–Crippen LogP) is 4.03. The normalized spacial score (nSPS) is 10.3. The van der Waals surface area contributed by atoms with Gasteiger partial charge in [-0.15, -0.1) is 10.2 Å². The lowest BCUT2D eigenvalue weighted by atomic mass is 10.3. The van der Waals surface area contributed by atoms with E-state index in [0.29, 0.717) is 20.9 Å². The Morgan fingerprint density at radius 1 is 1.00 bits per heavy atom. The van der Waals surface area contributed by atoms with Gasteiger partial charge in [0.2, 0.25) is 11.0 Å². The molecule has 2 N–H and O–H groups in total. The van der Waals surface area contributed by atoms with Crippen molar-refractivity contribution >= 4 is 45.5 Å². The van der Waals surface area contributed by atoms with Crippen LogP contribution in [0.3, 0.4) is 0 Å². The zero-order chi connectivity index (χ0) is 19.1. The zero-order valence-corrected chi connectivity index (χ0v) is 16.4. The highest BCUT2D eigenvalue weighted by molar-refractivity contribution is 8.01. The van der Waals surface area contributed by atoms with Crippen LogP contribution in [0.4, 0.5) is 16.5 Å². The third-order valence-electron chi connectivity index (χ3n) is 3.46. The molecule has 0 unspecified atom stereocenters. The van der Waals surface area contributed by atoms with Gasteiger partial charge in [0, 0.05) is 0 Å². The van der Waals surface area contributed by atoms with Gasteiger partial charge in [-0.1, -0.05) is 47.4 Å². The third kappa shape index (κ3) is 5.11. The van der Waals surface area contributed by atoms with E-state index in [2.05, 4.69) is 20.8 Å². The number of anilines is 3. The molecule has 140 valence electrons. The quantitative estimate of drug-likeness (QED) is 0.550. The van der Waals surface area contributed by atoms with Crippen LogP contribution in [-0.2, 0) is 4.79 Å². The second-order valence-corrected chi connectivity index (χ2v) is 7.44. The molecule has 1 heterocycles. The average Bonchev–Trinajstić information content (AvgIpc) is 3.14. The van der Waals surface area contributed by atoms with Gasteiger partial charge >= 0.3 is 0 Å². The van der Waals surface area contributed by atoms with Gasteiger partial charge in [0.05, 0.1) is 31.3 Å². The molecule has 27 heavy (non-hydrogen) atoms. The van der Waals surface area contributed by atoms with E-state index < -0.39 is 0 Å². The predicted molar refractivity (Wildman–Crippen MR) is 109 cm³/mol. The first-order valence-electron chi connectivity index (χ1n) is 7.99. The molecule has 2 aromatic carbocycles. The summed E-state index contributed by atoms with van der Waals surface area (Å²) in [5.74, 6) is 1.42. The summed E-state index contributed by atoms with van der Waals surface area (Å²) < 4.78 is 11.2. The summed E-state index contributed by atoms with van der Waals surface area (Å²) in [5, 5.41) is 14.8. The summed E-state index contributed by atoms with van der Waals surface area (Å²) in [7, 11) is 3.18. The summed E-state index contributed by atoms with van der Waals surface area (Å²) in [6.45, 7) is 0. The highest BCUT2D eigenvalue weighted by Gasteiger charge is 2.11. The number of para-hydroxylation sites is 4. The average molecular weight is 403 g/mol. The van der Waals surface area contributed by atoms with Gasteiger partial charge < -0.3 is 20.1 Å². The van der Waals surface area contributed by atoms with Gasteiger partial charge in [-0.3, -0.25) is 4.79 Å². The molecule has 0 fully saturated rings. The minimum absolute atomic E-state index is 0.140. The topological polar surface area (TPSA) is 85.4 Å². The van der Waals surface area contributed by atoms with Crippen molar-refractivity contribution in [3.05, 3.63) is 48.5 Å². The maximum Gasteiger partial charge on any atom is 0.234 e. The fourth-order valence-electron chi connectivity index (χ4n) is 2.24. The lowest BCUT2D eigenvalue weighted by Crippen LogP contribution is -2.14. The second kappa shape index (κ2) is 9.24. The standard InChI is InChI=1S/C18H18N4O3S2/c1-24-14-9-5-3-7-12(14)19-16(23)11-26-18-22-21-17(27-18)20-13-8-4-6-10-15(13)25-2/h3-10H,11H2,1-2H3,(H,19,23)(H,20,21). The number of methoxy groups -OCH3 is 2. The molecule has 0 aliphatic carbocycles. The molecule has 0 spiro atoms. The number of ether oxygens (including phenoxy) is 2. The molecule has 3 aromatic rings. The number of amides is 1. The monoisotopic (exact) mass is 402 g/mol. The van der Waals surface area contributed by atoms with Gasteiger partial charge in [0.15, 0.2) is 4.34 Å². The van der Waals surface area contributed by atoms with E-state index in [-0.39, 0.29) is 11.7 Å². The second-order valence-electron chi connectivity index (χ2n) is 5.24. The van der Waals surface area contributed by atoms with E-state index >= 15 is 0 Å². The van der Waals surface area contributed by atoms with Crippen molar-refractivity contribution in [2.75, 3.05) is 30.6 Å². The molecule has 0 radical (unpaired) electrons. The number of benzene rings is 2. The number of hydrogen-bond acceptors (Lipinski definition) is 8. The third-order valence-corrected chi connectivity index (χ3v) is 5.43. The first-order valence-corrected chi connectivity index (χ1v) is 9.79. The van der Waals surface area contributed by atoms with Crippen LogP contribution in [0.15, 0.2) is 52.9 Å². The van der Waals surface area contributed by atoms with Gasteiger partial charge in [-0.2, -0.15) is 0 Å². The Kier molecular flexibility index (Phi) is 6.50. The van der Waals surface area contributed by atoms with E-state index in [9.17, 15) is 4.79 Å². The van der Waals surface area contributed by atoms with Gasteiger partial charge in [0.25, 0.3) is 0 Å². The first kappa shape index (κ1) is 19.0. The van der Waals surface area contributed by atoms with Crippen LogP contribution in [0.25, 0.3) is 0 Å². The molecule has 7 nitrogen and oxygen atoms in total. The van der Waals surface area contributed by atoms with E-state index in [1.165, 1.54) is 23.1 Å². The zero-order valence-electron chi connectivity index (χ0n) is 14.8. The molecule has 0 aliphatic rings. The van der Waals surface area contributed by atoms with Crippen molar-refractivity contribution in [3.63, 3.8) is 0 Å². The molecule has 0 saturated carbocycles. The molecule has 3 rings (SSSR count). The summed E-state index contributed by atoms with van der Waals surface area (Å²) in [6, 6.07) is 14.8. The minimum atomic E-state index is -0.140. The maximum atomic E-state index is 12.2. The molecule has 0 bridgehead atoms. The Labute approximate surface area is 165 Å². The lowest BCUT2D eigenvalue weighted by Gasteiger charge is -2.09. The number of rotatable bonds is 8. The van der Waals surface area contributed by atoms with Gasteiger partial charge in [-0.25, -0.2) is 0 Å². The number of hydrogen-bond donors (Lipinski definition) is 2. The van der Waals surface area contributed by atoms with E-state index in [1.807, 2.05) is 36.4 Å². The highest BCUT2D eigenvalue weighted by Crippen LogP contribution is 2.31. The number of carbonyl (C=O) groups is 1. The fraction of sp³-hybridized carbons (Fsp3) is 0.167.